The van der Waals surface area contributed by atoms with Crippen molar-refractivity contribution >= 4 is 11.6 Å². The maximum atomic E-state index is 12.0. The first kappa shape index (κ1) is 16.5. The number of hydrogen-bond acceptors (Lipinski definition) is 4. The molecule has 2 aromatic carbocycles. The van der Waals surface area contributed by atoms with E-state index in [0.29, 0.717) is 5.75 Å². The van der Waals surface area contributed by atoms with E-state index in [9.17, 15) is 14.9 Å². The van der Waals surface area contributed by atoms with Crippen molar-refractivity contribution in [2.24, 2.45) is 0 Å². The molecule has 0 aromatic heterocycles. The number of carbonyl (C=O) groups is 1. The van der Waals surface area contributed by atoms with E-state index in [1.54, 1.807) is 0 Å². The first-order valence-electron chi connectivity index (χ1n) is 7.12. The van der Waals surface area contributed by atoms with Gasteiger partial charge in [0, 0.05) is 12.1 Å². The zero-order valence-electron chi connectivity index (χ0n) is 13.0. The number of carbonyl (C=O) groups excluding carboxylic acids is 1. The van der Waals surface area contributed by atoms with Crippen LogP contribution in [-0.4, -0.2) is 17.4 Å². The molecule has 1 N–H and O–H groups in total. The number of nitro groups is 1. The van der Waals surface area contributed by atoms with Gasteiger partial charge in [0.25, 0.3) is 11.6 Å². The fraction of sp³-hybridized carbons (Fsp3) is 0.235. The van der Waals surface area contributed by atoms with E-state index in [-0.39, 0.29) is 18.2 Å². The minimum absolute atomic E-state index is 0.0213. The molecule has 23 heavy (non-hydrogen) atoms. The van der Waals surface area contributed by atoms with Gasteiger partial charge in [0.15, 0.2) is 6.61 Å². The number of ether oxygens (including phenoxy) is 1. The largest absolute Gasteiger partial charge is 0.484 e. The molecule has 0 radical (unpaired) electrons. The van der Waals surface area contributed by atoms with Gasteiger partial charge in [-0.3, -0.25) is 14.9 Å². The first-order valence-corrected chi connectivity index (χ1v) is 7.12. The summed E-state index contributed by atoms with van der Waals surface area (Å²) in [6.45, 7) is 3.66. The number of nitrogens with one attached hydrogen (secondary N) is 1. The monoisotopic (exact) mass is 314 g/mol. The first-order chi connectivity index (χ1) is 10.9. The third kappa shape index (κ3) is 4.54. The van der Waals surface area contributed by atoms with Gasteiger partial charge in [0.2, 0.25) is 0 Å². The van der Waals surface area contributed by atoms with E-state index in [1.807, 2.05) is 44.2 Å². The van der Waals surface area contributed by atoms with E-state index in [4.69, 9.17) is 4.74 Å². The minimum atomic E-state index is -0.517. The van der Waals surface area contributed by atoms with Gasteiger partial charge < -0.3 is 10.1 Å². The van der Waals surface area contributed by atoms with E-state index in [1.165, 1.54) is 24.3 Å². The summed E-state index contributed by atoms with van der Waals surface area (Å²) in [5, 5.41) is 13.5. The van der Waals surface area contributed by atoms with Crippen molar-refractivity contribution in [2.45, 2.75) is 19.4 Å². The molecule has 0 saturated heterocycles. The van der Waals surface area contributed by atoms with E-state index in [2.05, 4.69) is 5.32 Å². The summed E-state index contributed by atoms with van der Waals surface area (Å²) in [5.41, 5.74) is 0.452. The quantitative estimate of drug-likeness (QED) is 0.656. The Kier molecular flexibility index (Phi) is 4.95. The molecule has 2 aromatic rings. The highest BCUT2D eigenvalue weighted by Crippen LogP contribution is 2.20. The zero-order valence-corrected chi connectivity index (χ0v) is 13.0. The van der Waals surface area contributed by atoms with Crippen LogP contribution in [0.5, 0.6) is 5.75 Å². The van der Waals surface area contributed by atoms with Crippen LogP contribution in [0.1, 0.15) is 19.4 Å². The van der Waals surface area contributed by atoms with Crippen molar-refractivity contribution in [3.8, 4) is 5.75 Å². The number of hydrogen-bond donors (Lipinski definition) is 1. The third-order valence-corrected chi connectivity index (χ3v) is 3.36. The highest BCUT2D eigenvalue weighted by Gasteiger charge is 2.22. The van der Waals surface area contributed by atoms with Gasteiger partial charge >= 0.3 is 0 Å². The Morgan fingerprint density at radius 1 is 1.13 bits per heavy atom. The van der Waals surface area contributed by atoms with Crippen molar-refractivity contribution < 1.29 is 14.5 Å². The van der Waals surface area contributed by atoms with Crippen LogP contribution < -0.4 is 10.1 Å². The maximum Gasteiger partial charge on any atom is 0.269 e. The molecule has 0 heterocycles. The number of nitrogens with zero attached hydrogens (tertiary/aromatic N) is 1. The second-order valence-corrected chi connectivity index (χ2v) is 5.58. The molecular formula is C17H18N2O4. The van der Waals surface area contributed by atoms with Crippen LogP contribution in [-0.2, 0) is 10.3 Å². The van der Waals surface area contributed by atoms with Crippen molar-refractivity contribution in [1.29, 1.82) is 0 Å². The number of amides is 1. The number of nitro benzene ring substituents is 1. The SMILES string of the molecule is CC(C)(NC(=O)COc1ccc([N+](=O)[O-])cc1)c1ccccc1. The number of benzene rings is 2. The average Bonchev–Trinajstić information content (AvgIpc) is 2.54. The second-order valence-electron chi connectivity index (χ2n) is 5.58. The summed E-state index contributed by atoms with van der Waals surface area (Å²) in [6.07, 6.45) is 0. The molecule has 0 spiro atoms. The van der Waals surface area contributed by atoms with Crippen molar-refractivity contribution in [2.75, 3.05) is 6.61 Å². The van der Waals surface area contributed by atoms with Gasteiger partial charge in [0.1, 0.15) is 5.75 Å². The molecule has 2 rings (SSSR count). The second kappa shape index (κ2) is 6.91. The molecule has 6 heteroatoms. The molecular weight excluding hydrogens is 296 g/mol. The standard InChI is InChI=1S/C17H18N2O4/c1-17(2,13-6-4-3-5-7-13)18-16(20)12-23-15-10-8-14(9-11-15)19(21)22/h3-11H,12H2,1-2H3,(H,18,20). The third-order valence-electron chi connectivity index (χ3n) is 3.36. The molecule has 0 atom stereocenters. The fourth-order valence-corrected chi connectivity index (χ4v) is 2.12. The van der Waals surface area contributed by atoms with Gasteiger partial charge in [0.05, 0.1) is 10.5 Å². The lowest BCUT2D eigenvalue weighted by molar-refractivity contribution is -0.384. The summed E-state index contributed by atoms with van der Waals surface area (Å²) in [6, 6.07) is 15.2. The summed E-state index contributed by atoms with van der Waals surface area (Å²) >= 11 is 0. The lowest BCUT2D eigenvalue weighted by Crippen LogP contribution is -2.43. The van der Waals surface area contributed by atoms with Crippen LogP contribution >= 0.6 is 0 Å². The predicted molar refractivity (Wildman–Crippen MR) is 86.2 cm³/mol. The highest BCUT2D eigenvalue weighted by atomic mass is 16.6. The predicted octanol–water partition coefficient (Wildman–Crippen LogP) is 3.03. The molecule has 0 bridgehead atoms. The summed E-state index contributed by atoms with van der Waals surface area (Å²) in [7, 11) is 0. The average molecular weight is 314 g/mol. The molecule has 0 aliphatic heterocycles. The van der Waals surface area contributed by atoms with E-state index >= 15 is 0 Å². The molecule has 120 valence electrons. The van der Waals surface area contributed by atoms with Gasteiger partial charge in [-0.25, -0.2) is 0 Å². The molecule has 1 amide bonds. The normalized spacial score (nSPS) is 10.9. The molecule has 0 saturated carbocycles. The lowest BCUT2D eigenvalue weighted by atomic mass is 9.94. The van der Waals surface area contributed by atoms with Crippen molar-refractivity contribution in [3.63, 3.8) is 0 Å². The van der Waals surface area contributed by atoms with Crippen LogP contribution in [0.4, 0.5) is 5.69 Å². The molecule has 0 fully saturated rings. The van der Waals surface area contributed by atoms with Gasteiger partial charge in [-0.2, -0.15) is 0 Å². The van der Waals surface area contributed by atoms with Crippen LogP contribution in [0.25, 0.3) is 0 Å². The minimum Gasteiger partial charge on any atom is -0.484 e. The molecule has 6 nitrogen and oxygen atoms in total. The number of rotatable bonds is 6. The van der Waals surface area contributed by atoms with Gasteiger partial charge in [-0.15, -0.1) is 0 Å². The van der Waals surface area contributed by atoms with Crippen molar-refractivity contribution in [3.05, 3.63) is 70.3 Å². The summed E-state index contributed by atoms with van der Waals surface area (Å²) in [5.74, 6) is 0.139. The van der Waals surface area contributed by atoms with Crippen LogP contribution in [0.15, 0.2) is 54.6 Å². The topological polar surface area (TPSA) is 81.5 Å². The zero-order chi connectivity index (χ0) is 16.9. The Bertz CT molecular complexity index is 681. The Hall–Kier alpha value is -2.89. The molecule has 0 aliphatic carbocycles. The lowest BCUT2D eigenvalue weighted by Gasteiger charge is -2.26. The van der Waals surface area contributed by atoms with Crippen LogP contribution in [0.2, 0.25) is 0 Å². The van der Waals surface area contributed by atoms with Crippen LogP contribution in [0, 0.1) is 10.1 Å². The highest BCUT2D eigenvalue weighted by molar-refractivity contribution is 5.78. The van der Waals surface area contributed by atoms with Crippen LogP contribution in [0.3, 0.4) is 0 Å². The van der Waals surface area contributed by atoms with Crippen molar-refractivity contribution in [1.82, 2.24) is 5.32 Å². The number of non-ortho nitro benzene ring substituents is 1. The van der Waals surface area contributed by atoms with E-state index < -0.39 is 10.5 Å². The van der Waals surface area contributed by atoms with Gasteiger partial charge in [-0.1, -0.05) is 30.3 Å². The summed E-state index contributed by atoms with van der Waals surface area (Å²) in [4.78, 5) is 22.1. The fourth-order valence-electron chi connectivity index (χ4n) is 2.12. The maximum absolute atomic E-state index is 12.0. The smallest absolute Gasteiger partial charge is 0.269 e. The Morgan fingerprint density at radius 3 is 2.30 bits per heavy atom. The van der Waals surface area contributed by atoms with E-state index in [0.717, 1.165) is 5.56 Å². The van der Waals surface area contributed by atoms with Gasteiger partial charge in [-0.05, 0) is 31.5 Å². The molecule has 0 unspecified atom stereocenters. The Balaban J connectivity index is 1.91. The Morgan fingerprint density at radius 2 is 1.74 bits per heavy atom. The Labute approximate surface area is 134 Å². The summed E-state index contributed by atoms with van der Waals surface area (Å²) < 4.78 is 5.35. The molecule has 0 aliphatic rings.